The van der Waals surface area contributed by atoms with Gasteiger partial charge in [-0.3, -0.25) is 9.78 Å². The molecule has 1 amide bonds. The number of pyridine rings is 1. The van der Waals surface area contributed by atoms with Crippen LogP contribution in [0.25, 0.3) is 0 Å². The minimum atomic E-state index is 0.0405. The maximum atomic E-state index is 13.0. The lowest BCUT2D eigenvalue weighted by Crippen LogP contribution is -2.49. The zero-order chi connectivity index (χ0) is 19.9. The van der Waals surface area contributed by atoms with Gasteiger partial charge in [0, 0.05) is 56.8 Å². The summed E-state index contributed by atoms with van der Waals surface area (Å²) in [5.41, 5.74) is 4.15. The average molecular weight is 381 g/mol. The Morgan fingerprint density at radius 3 is 2.39 bits per heavy atom. The Hall–Kier alpha value is -2.56. The van der Waals surface area contributed by atoms with E-state index in [1.54, 1.807) is 6.20 Å². The third-order valence-electron chi connectivity index (χ3n) is 5.25. The first-order chi connectivity index (χ1) is 13.6. The van der Waals surface area contributed by atoms with Crippen molar-refractivity contribution in [1.82, 2.24) is 9.88 Å². The number of carbonyl (C=O) groups excluding carboxylic acids is 1. The lowest BCUT2D eigenvalue weighted by Gasteiger charge is -2.36. The minimum Gasteiger partial charge on any atom is -0.371 e. The molecular formula is C23H32N4O. The van der Waals surface area contributed by atoms with Crippen LogP contribution in [0, 0.1) is 6.92 Å². The van der Waals surface area contributed by atoms with Crippen LogP contribution in [0.5, 0.6) is 0 Å². The van der Waals surface area contributed by atoms with Crippen molar-refractivity contribution < 1.29 is 4.79 Å². The number of hydrogen-bond acceptors (Lipinski definition) is 4. The molecule has 28 heavy (non-hydrogen) atoms. The van der Waals surface area contributed by atoms with Gasteiger partial charge in [0.05, 0.1) is 0 Å². The Kier molecular flexibility index (Phi) is 6.90. The summed E-state index contributed by atoms with van der Waals surface area (Å²) in [5.74, 6) is 0.0405. The number of amides is 1. The SMILES string of the molecule is CCCN(CCC)c1ccnc(C(=O)N2CCN(c3cccc(C)c3)CC2)c1. The van der Waals surface area contributed by atoms with Crippen molar-refractivity contribution in [2.75, 3.05) is 49.1 Å². The monoisotopic (exact) mass is 380 g/mol. The fourth-order valence-electron chi connectivity index (χ4n) is 3.80. The van der Waals surface area contributed by atoms with E-state index in [9.17, 15) is 4.79 Å². The third-order valence-corrected chi connectivity index (χ3v) is 5.25. The molecule has 1 aliphatic heterocycles. The van der Waals surface area contributed by atoms with E-state index in [0.29, 0.717) is 5.69 Å². The van der Waals surface area contributed by atoms with E-state index < -0.39 is 0 Å². The summed E-state index contributed by atoms with van der Waals surface area (Å²) in [6.07, 6.45) is 3.95. The van der Waals surface area contributed by atoms with E-state index in [2.05, 4.69) is 59.8 Å². The molecule has 0 spiro atoms. The first kappa shape index (κ1) is 20.2. The van der Waals surface area contributed by atoms with Gasteiger partial charge in [0.25, 0.3) is 5.91 Å². The van der Waals surface area contributed by atoms with Gasteiger partial charge in [-0.15, -0.1) is 0 Å². The molecule has 1 aromatic carbocycles. The Morgan fingerprint density at radius 1 is 1.04 bits per heavy atom. The van der Waals surface area contributed by atoms with Crippen molar-refractivity contribution in [3.05, 3.63) is 53.9 Å². The fraction of sp³-hybridized carbons (Fsp3) is 0.478. The largest absolute Gasteiger partial charge is 0.371 e. The van der Waals surface area contributed by atoms with Crippen molar-refractivity contribution >= 4 is 17.3 Å². The fourth-order valence-corrected chi connectivity index (χ4v) is 3.80. The zero-order valence-corrected chi connectivity index (χ0v) is 17.4. The van der Waals surface area contributed by atoms with Gasteiger partial charge in [0.1, 0.15) is 5.69 Å². The van der Waals surface area contributed by atoms with E-state index >= 15 is 0 Å². The number of aromatic nitrogens is 1. The number of anilines is 2. The summed E-state index contributed by atoms with van der Waals surface area (Å²) < 4.78 is 0. The van der Waals surface area contributed by atoms with E-state index in [1.807, 2.05) is 17.0 Å². The number of rotatable bonds is 7. The van der Waals surface area contributed by atoms with Crippen LogP contribution in [0.4, 0.5) is 11.4 Å². The highest BCUT2D eigenvalue weighted by Crippen LogP contribution is 2.20. The first-order valence-corrected chi connectivity index (χ1v) is 10.4. The molecular weight excluding hydrogens is 348 g/mol. The number of carbonyl (C=O) groups is 1. The highest BCUT2D eigenvalue weighted by Gasteiger charge is 2.23. The van der Waals surface area contributed by atoms with Crippen LogP contribution in [0.2, 0.25) is 0 Å². The smallest absolute Gasteiger partial charge is 0.272 e. The summed E-state index contributed by atoms with van der Waals surface area (Å²) in [4.78, 5) is 24.0. The van der Waals surface area contributed by atoms with E-state index in [0.717, 1.165) is 57.8 Å². The number of nitrogens with zero attached hydrogens (tertiary/aromatic N) is 4. The first-order valence-electron chi connectivity index (χ1n) is 10.4. The molecule has 1 aromatic heterocycles. The highest BCUT2D eigenvalue weighted by atomic mass is 16.2. The number of piperazine rings is 1. The van der Waals surface area contributed by atoms with Gasteiger partial charge < -0.3 is 14.7 Å². The number of benzene rings is 1. The van der Waals surface area contributed by atoms with Crippen molar-refractivity contribution in [2.45, 2.75) is 33.6 Å². The topological polar surface area (TPSA) is 39.7 Å². The highest BCUT2D eigenvalue weighted by molar-refractivity contribution is 5.93. The summed E-state index contributed by atoms with van der Waals surface area (Å²) in [7, 11) is 0. The van der Waals surface area contributed by atoms with Crippen molar-refractivity contribution in [2.24, 2.45) is 0 Å². The Morgan fingerprint density at radius 2 is 1.75 bits per heavy atom. The molecule has 150 valence electrons. The Labute approximate surface area is 169 Å². The second kappa shape index (κ2) is 9.58. The van der Waals surface area contributed by atoms with Gasteiger partial charge >= 0.3 is 0 Å². The molecule has 0 saturated carbocycles. The van der Waals surface area contributed by atoms with Gasteiger partial charge in [-0.25, -0.2) is 0 Å². The van der Waals surface area contributed by atoms with Gasteiger partial charge in [-0.1, -0.05) is 26.0 Å². The van der Waals surface area contributed by atoms with E-state index in [4.69, 9.17) is 0 Å². The van der Waals surface area contributed by atoms with Crippen LogP contribution >= 0.6 is 0 Å². The molecule has 0 aliphatic carbocycles. The molecule has 0 radical (unpaired) electrons. The van der Waals surface area contributed by atoms with Crippen LogP contribution in [0.1, 0.15) is 42.7 Å². The van der Waals surface area contributed by atoms with Crippen molar-refractivity contribution in [3.8, 4) is 0 Å². The zero-order valence-electron chi connectivity index (χ0n) is 17.4. The Balaban J connectivity index is 1.65. The molecule has 0 unspecified atom stereocenters. The van der Waals surface area contributed by atoms with Crippen molar-refractivity contribution in [1.29, 1.82) is 0 Å². The quantitative estimate of drug-likeness (QED) is 0.728. The van der Waals surface area contributed by atoms with Crippen LogP contribution < -0.4 is 9.80 Å². The summed E-state index contributed by atoms with van der Waals surface area (Å²) in [5, 5.41) is 0. The van der Waals surface area contributed by atoms with Crippen LogP contribution in [0.3, 0.4) is 0 Å². The molecule has 1 fully saturated rings. The van der Waals surface area contributed by atoms with Gasteiger partial charge in [0.2, 0.25) is 0 Å². The number of aryl methyl sites for hydroxylation is 1. The summed E-state index contributed by atoms with van der Waals surface area (Å²) in [6, 6.07) is 12.5. The Bertz CT molecular complexity index is 778. The maximum absolute atomic E-state index is 13.0. The molecule has 0 N–H and O–H groups in total. The average Bonchev–Trinajstić information content (AvgIpc) is 2.73. The molecule has 2 heterocycles. The lowest BCUT2D eigenvalue weighted by molar-refractivity contribution is 0.0741. The van der Waals surface area contributed by atoms with Gasteiger partial charge in [-0.2, -0.15) is 0 Å². The minimum absolute atomic E-state index is 0.0405. The predicted octanol–water partition coefficient (Wildman–Crippen LogP) is 3.98. The number of hydrogen-bond donors (Lipinski definition) is 0. The second-order valence-corrected chi connectivity index (χ2v) is 7.50. The predicted molar refractivity (Wildman–Crippen MR) is 116 cm³/mol. The van der Waals surface area contributed by atoms with Crippen LogP contribution in [-0.2, 0) is 0 Å². The molecule has 1 saturated heterocycles. The van der Waals surface area contributed by atoms with Crippen molar-refractivity contribution in [3.63, 3.8) is 0 Å². The maximum Gasteiger partial charge on any atom is 0.272 e. The molecule has 1 aliphatic rings. The van der Waals surface area contributed by atoms with Gasteiger partial charge in [0.15, 0.2) is 0 Å². The lowest BCUT2D eigenvalue weighted by atomic mass is 10.2. The third kappa shape index (κ3) is 4.83. The normalized spacial score (nSPS) is 14.2. The van der Waals surface area contributed by atoms with Gasteiger partial charge in [-0.05, 0) is 49.6 Å². The molecule has 2 aromatic rings. The molecule has 3 rings (SSSR count). The van der Waals surface area contributed by atoms with Crippen LogP contribution in [-0.4, -0.2) is 55.1 Å². The van der Waals surface area contributed by atoms with Crippen LogP contribution in [0.15, 0.2) is 42.6 Å². The summed E-state index contributed by atoms with van der Waals surface area (Å²) in [6.45, 7) is 11.6. The standard InChI is InChI=1S/C23H32N4O/c1-4-11-25(12-5-2)21-9-10-24-22(18-21)23(28)27-15-13-26(14-16-27)20-8-6-7-19(3)17-20/h6-10,17-18H,4-5,11-16H2,1-3H3. The molecule has 0 bridgehead atoms. The molecule has 5 nitrogen and oxygen atoms in total. The van der Waals surface area contributed by atoms with E-state index in [1.165, 1.54) is 11.3 Å². The summed E-state index contributed by atoms with van der Waals surface area (Å²) >= 11 is 0. The molecule has 0 atom stereocenters. The second-order valence-electron chi connectivity index (χ2n) is 7.50. The van der Waals surface area contributed by atoms with E-state index in [-0.39, 0.29) is 5.91 Å². The molecule has 5 heteroatoms.